The third-order valence-electron chi connectivity index (χ3n) is 3.52. The first-order valence-corrected chi connectivity index (χ1v) is 7.55. The largest absolute Gasteiger partial charge is 0.465 e. The first-order valence-electron chi connectivity index (χ1n) is 7.55. The number of aliphatic hydroxyl groups excluding tert-OH is 1. The summed E-state index contributed by atoms with van der Waals surface area (Å²) in [7, 11) is 0. The summed E-state index contributed by atoms with van der Waals surface area (Å²) in [5.74, 6) is 1.36. The first kappa shape index (κ1) is 16.8. The van der Waals surface area contributed by atoms with Gasteiger partial charge in [0.1, 0.15) is 11.5 Å². The van der Waals surface area contributed by atoms with E-state index in [4.69, 9.17) is 9.84 Å². The number of aliphatic hydroxyl groups is 1. The van der Waals surface area contributed by atoms with Crippen LogP contribution in [-0.4, -0.2) is 22.9 Å². The molecule has 2 aromatic carbocycles. The number of carboxylic acid groups (broad SMARTS) is 1. The number of amides is 1. The lowest BCUT2D eigenvalue weighted by molar-refractivity contribution is 0.159. The maximum atomic E-state index is 10.4. The highest BCUT2D eigenvalue weighted by Gasteiger charge is 2.14. The minimum atomic E-state index is -1.05. The Hall–Kier alpha value is -2.53. The summed E-state index contributed by atoms with van der Waals surface area (Å²) in [5, 5.41) is 21.2. The SMILES string of the molecule is Cc1ccccc1Oc1ccccc1C(O)CCCNC(=O)O. The second-order valence-corrected chi connectivity index (χ2v) is 5.30. The van der Waals surface area contributed by atoms with Crippen LogP contribution in [0.15, 0.2) is 48.5 Å². The normalized spacial score (nSPS) is 11.7. The van der Waals surface area contributed by atoms with Gasteiger partial charge in [0.15, 0.2) is 0 Å². The van der Waals surface area contributed by atoms with Crippen molar-refractivity contribution in [1.29, 1.82) is 0 Å². The minimum Gasteiger partial charge on any atom is -0.465 e. The summed E-state index contributed by atoms with van der Waals surface area (Å²) >= 11 is 0. The molecule has 2 aromatic rings. The van der Waals surface area contributed by atoms with E-state index in [0.29, 0.717) is 30.7 Å². The summed E-state index contributed by atoms with van der Waals surface area (Å²) in [4.78, 5) is 10.4. The van der Waals surface area contributed by atoms with Crippen molar-refractivity contribution in [3.05, 3.63) is 59.7 Å². The third kappa shape index (κ3) is 5.00. The first-order chi connectivity index (χ1) is 11.1. The molecule has 0 fully saturated rings. The van der Waals surface area contributed by atoms with Crippen LogP contribution in [-0.2, 0) is 0 Å². The molecule has 5 heteroatoms. The molecule has 0 spiro atoms. The number of hydrogen-bond acceptors (Lipinski definition) is 3. The van der Waals surface area contributed by atoms with Gasteiger partial charge in [-0.1, -0.05) is 36.4 Å². The molecule has 0 bridgehead atoms. The van der Waals surface area contributed by atoms with Crippen LogP contribution in [0.1, 0.15) is 30.1 Å². The van der Waals surface area contributed by atoms with Gasteiger partial charge in [0.2, 0.25) is 0 Å². The number of ether oxygens (including phenoxy) is 1. The predicted octanol–water partition coefficient (Wildman–Crippen LogP) is 3.87. The Morgan fingerprint density at radius 3 is 2.48 bits per heavy atom. The standard InChI is InChI=1S/C18H21NO4/c1-13-7-2-4-10-16(13)23-17-11-5-3-8-14(17)15(20)9-6-12-19-18(21)22/h2-5,7-8,10-11,15,19-20H,6,9,12H2,1H3,(H,21,22). The fourth-order valence-corrected chi connectivity index (χ4v) is 2.28. The molecule has 0 aliphatic heterocycles. The summed E-state index contributed by atoms with van der Waals surface area (Å²) < 4.78 is 5.94. The summed E-state index contributed by atoms with van der Waals surface area (Å²) in [6.45, 7) is 2.28. The van der Waals surface area contributed by atoms with Crippen LogP contribution in [0.2, 0.25) is 0 Å². The zero-order valence-electron chi connectivity index (χ0n) is 13.0. The Balaban J connectivity index is 2.05. The van der Waals surface area contributed by atoms with E-state index in [2.05, 4.69) is 5.32 Å². The molecule has 0 heterocycles. The van der Waals surface area contributed by atoms with Gasteiger partial charge in [0.25, 0.3) is 0 Å². The van der Waals surface area contributed by atoms with Gasteiger partial charge in [-0.15, -0.1) is 0 Å². The van der Waals surface area contributed by atoms with Crippen molar-refractivity contribution in [3.8, 4) is 11.5 Å². The molecule has 5 nitrogen and oxygen atoms in total. The number of benzene rings is 2. The molecule has 0 saturated heterocycles. The van der Waals surface area contributed by atoms with Gasteiger partial charge in [-0.2, -0.15) is 0 Å². The van der Waals surface area contributed by atoms with Gasteiger partial charge in [-0.3, -0.25) is 0 Å². The average molecular weight is 315 g/mol. The maximum absolute atomic E-state index is 10.4. The molecule has 1 amide bonds. The zero-order valence-corrected chi connectivity index (χ0v) is 13.0. The van der Waals surface area contributed by atoms with Crippen LogP contribution >= 0.6 is 0 Å². The molecule has 2 rings (SSSR count). The topological polar surface area (TPSA) is 78.8 Å². The number of hydrogen-bond donors (Lipinski definition) is 3. The van der Waals surface area contributed by atoms with E-state index in [1.807, 2.05) is 55.5 Å². The monoisotopic (exact) mass is 315 g/mol. The van der Waals surface area contributed by atoms with Gasteiger partial charge in [-0.05, 0) is 37.5 Å². The Kier molecular flexibility index (Phi) is 6.00. The molecule has 122 valence electrons. The zero-order chi connectivity index (χ0) is 16.7. The molecule has 1 atom stereocenters. The summed E-state index contributed by atoms with van der Waals surface area (Å²) in [6.07, 6.45) is -0.755. The van der Waals surface area contributed by atoms with E-state index in [0.717, 1.165) is 11.3 Å². The number of carbonyl (C=O) groups is 1. The van der Waals surface area contributed by atoms with E-state index in [9.17, 15) is 9.90 Å². The Morgan fingerprint density at radius 1 is 1.13 bits per heavy atom. The van der Waals surface area contributed by atoms with Crippen molar-refractivity contribution in [3.63, 3.8) is 0 Å². The van der Waals surface area contributed by atoms with Crippen molar-refractivity contribution in [1.82, 2.24) is 5.32 Å². The van der Waals surface area contributed by atoms with Gasteiger partial charge in [0, 0.05) is 12.1 Å². The molecule has 3 N–H and O–H groups in total. The van der Waals surface area contributed by atoms with Crippen LogP contribution < -0.4 is 10.1 Å². The second-order valence-electron chi connectivity index (χ2n) is 5.30. The van der Waals surface area contributed by atoms with Gasteiger partial charge in [0.05, 0.1) is 6.10 Å². The van der Waals surface area contributed by atoms with Crippen molar-refractivity contribution in [2.24, 2.45) is 0 Å². The third-order valence-corrected chi connectivity index (χ3v) is 3.52. The highest BCUT2D eigenvalue weighted by atomic mass is 16.5. The second kappa shape index (κ2) is 8.19. The molecule has 0 saturated carbocycles. The van der Waals surface area contributed by atoms with Crippen LogP contribution in [0.3, 0.4) is 0 Å². The van der Waals surface area contributed by atoms with Crippen LogP contribution in [0.5, 0.6) is 11.5 Å². The van der Waals surface area contributed by atoms with Crippen LogP contribution in [0.4, 0.5) is 4.79 Å². The minimum absolute atomic E-state index is 0.313. The van der Waals surface area contributed by atoms with Crippen LogP contribution in [0.25, 0.3) is 0 Å². The number of nitrogens with one attached hydrogen (secondary N) is 1. The van der Waals surface area contributed by atoms with E-state index in [1.165, 1.54) is 0 Å². The van der Waals surface area contributed by atoms with Gasteiger partial charge in [-0.25, -0.2) is 4.79 Å². The quantitative estimate of drug-likeness (QED) is 0.678. The molecular formula is C18H21NO4. The molecule has 0 aliphatic carbocycles. The Labute approximate surface area is 135 Å². The lowest BCUT2D eigenvalue weighted by atomic mass is 10.0. The predicted molar refractivity (Wildman–Crippen MR) is 87.9 cm³/mol. The van der Waals surface area contributed by atoms with E-state index in [-0.39, 0.29) is 0 Å². The highest BCUT2D eigenvalue weighted by molar-refractivity contribution is 5.64. The smallest absolute Gasteiger partial charge is 0.404 e. The molecule has 0 radical (unpaired) electrons. The van der Waals surface area contributed by atoms with Crippen molar-refractivity contribution < 1.29 is 19.7 Å². The highest BCUT2D eigenvalue weighted by Crippen LogP contribution is 2.32. The van der Waals surface area contributed by atoms with Gasteiger partial charge < -0.3 is 20.3 Å². The molecular weight excluding hydrogens is 294 g/mol. The lowest BCUT2D eigenvalue weighted by Crippen LogP contribution is -2.22. The van der Waals surface area contributed by atoms with Crippen molar-refractivity contribution in [2.45, 2.75) is 25.9 Å². The van der Waals surface area contributed by atoms with E-state index >= 15 is 0 Å². The number of rotatable bonds is 7. The Morgan fingerprint density at radius 2 is 1.78 bits per heavy atom. The fraction of sp³-hybridized carbons (Fsp3) is 0.278. The molecule has 0 aliphatic rings. The van der Waals surface area contributed by atoms with Crippen molar-refractivity contribution >= 4 is 6.09 Å². The molecule has 23 heavy (non-hydrogen) atoms. The molecule has 0 aromatic heterocycles. The lowest BCUT2D eigenvalue weighted by Gasteiger charge is -2.17. The van der Waals surface area contributed by atoms with Crippen LogP contribution in [0, 0.1) is 6.92 Å². The number of aryl methyl sites for hydroxylation is 1. The summed E-state index contributed by atoms with van der Waals surface area (Å²) in [5.41, 5.74) is 1.72. The fourth-order valence-electron chi connectivity index (χ4n) is 2.28. The molecule has 1 unspecified atom stereocenters. The van der Waals surface area contributed by atoms with E-state index in [1.54, 1.807) is 0 Å². The average Bonchev–Trinajstić information content (AvgIpc) is 2.54. The number of para-hydroxylation sites is 2. The van der Waals surface area contributed by atoms with E-state index < -0.39 is 12.2 Å². The maximum Gasteiger partial charge on any atom is 0.404 e. The Bertz CT molecular complexity index is 657. The van der Waals surface area contributed by atoms with Gasteiger partial charge >= 0.3 is 6.09 Å². The van der Waals surface area contributed by atoms with Crippen molar-refractivity contribution in [2.75, 3.05) is 6.54 Å². The summed E-state index contributed by atoms with van der Waals surface area (Å²) in [6, 6.07) is 15.0.